The van der Waals surface area contributed by atoms with Crippen molar-refractivity contribution in [2.75, 3.05) is 13.1 Å². The average molecular weight is 292 g/mol. The first-order valence-corrected chi connectivity index (χ1v) is 7.45. The molecule has 0 aromatic carbocycles. The zero-order valence-corrected chi connectivity index (χ0v) is 12.2. The number of aromatic nitrogens is 1. The number of hydrogen-bond acceptors (Lipinski definition) is 5. The molecule has 1 saturated heterocycles. The van der Waals surface area contributed by atoms with Gasteiger partial charge in [0.15, 0.2) is 10.8 Å². The first kappa shape index (κ1) is 13.3. The minimum absolute atomic E-state index is 0.0407. The van der Waals surface area contributed by atoms with Crippen LogP contribution in [0.25, 0.3) is 10.8 Å². The number of amides is 1. The van der Waals surface area contributed by atoms with Crippen LogP contribution in [0, 0.1) is 0 Å². The third-order valence-corrected chi connectivity index (χ3v) is 4.02. The molecule has 0 radical (unpaired) electrons. The molecule has 3 rings (SSSR count). The Hall–Kier alpha value is -1.66. The van der Waals surface area contributed by atoms with E-state index in [4.69, 9.17) is 9.15 Å². The first-order chi connectivity index (χ1) is 9.63. The second kappa shape index (κ2) is 5.38. The van der Waals surface area contributed by atoms with Gasteiger partial charge in [-0.1, -0.05) is 0 Å². The molecule has 0 bridgehead atoms. The van der Waals surface area contributed by atoms with Crippen LogP contribution in [0.1, 0.15) is 24.3 Å². The minimum Gasteiger partial charge on any atom is -0.462 e. The number of nitrogens with zero attached hydrogens (tertiary/aromatic N) is 2. The Morgan fingerprint density at radius 2 is 2.15 bits per heavy atom. The highest BCUT2D eigenvalue weighted by molar-refractivity contribution is 7.13. The van der Waals surface area contributed by atoms with Crippen molar-refractivity contribution in [1.29, 1.82) is 0 Å². The summed E-state index contributed by atoms with van der Waals surface area (Å²) in [5, 5.41) is 2.51. The second-order valence-corrected chi connectivity index (χ2v) is 5.84. The number of carbonyl (C=O) groups excluding carboxylic acids is 1. The second-order valence-electron chi connectivity index (χ2n) is 4.98. The van der Waals surface area contributed by atoms with Gasteiger partial charge >= 0.3 is 0 Å². The van der Waals surface area contributed by atoms with E-state index in [1.165, 1.54) is 11.3 Å². The molecule has 2 aromatic rings. The van der Waals surface area contributed by atoms with Gasteiger partial charge in [0.05, 0.1) is 18.5 Å². The topological polar surface area (TPSA) is 55.6 Å². The Balaban J connectivity index is 1.77. The summed E-state index contributed by atoms with van der Waals surface area (Å²) in [7, 11) is 0. The smallest absolute Gasteiger partial charge is 0.273 e. The number of morpholine rings is 1. The van der Waals surface area contributed by atoms with Gasteiger partial charge in [0.25, 0.3) is 5.91 Å². The highest BCUT2D eigenvalue weighted by Crippen LogP contribution is 2.25. The third-order valence-electron chi connectivity index (χ3n) is 3.16. The molecular weight excluding hydrogens is 276 g/mol. The van der Waals surface area contributed by atoms with Gasteiger partial charge in [-0.3, -0.25) is 4.79 Å². The molecule has 0 aliphatic carbocycles. The van der Waals surface area contributed by atoms with E-state index in [-0.39, 0.29) is 18.1 Å². The monoisotopic (exact) mass is 292 g/mol. The first-order valence-electron chi connectivity index (χ1n) is 6.57. The predicted octanol–water partition coefficient (Wildman–Crippen LogP) is 2.65. The largest absolute Gasteiger partial charge is 0.462 e. The summed E-state index contributed by atoms with van der Waals surface area (Å²) in [4.78, 5) is 18.6. The highest BCUT2D eigenvalue weighted by atomic mass is 32.1. The van der Waals surface area contributed by atoms with E-state index in [0.29, 0.717) is 24.5 Å². The fraction of sp³-hybridized carbons (Fsp3) is 0.429. The zero-order chi connectivity index (χ0) is 14.1. The SMILES string of the molecule is C[C@@H]1CN(C(=O)c2csc(-c3ccco3)n2)C[C@@H](C)O1. The molecule has 1 fully saturated rings. The molecular formula is C14H16N2O3S. The van der Waals surface area contributed by atoms with Gasteiger partial charge in [-0.05, 0) is 26.0 Å². The lowest BCUT2D eigenvalue weighted by Gasteiger charge is -2.34. The summed E-state index contributed by atoms with van der Waals surface area (Å²) in [6.07, 6.45) is 1.72. The van der Waals surface area contributed by atoms with Crippen LogP contribution in [0.2, 0.25) is 0 Å². The molecule has 1 amide bonds. The molecule has 1 aliphatic heterocycles. The molecule has 106 valence electrons. The molecule has 1 aliphatic rings. The molecule has 0 spiro atoms. The molecule has 3 heterocycles. The number of carbonyl (C=O) groups is 1. The van der Waals surface area contributed by atoms with Crippen molar-refractivity contribution in [1.82, 2.24) is 9.88 Å². The van der Waals surface area contributed by atoms with Gasteiger partial charge < -0.3 is 14.1 Å². The summed E-state index contributed by atoms with van der Waals surface area (Å²) < 4.78 is 10.9. The number of rotatable bonds is 2. The molecule has 0 N–H and O–H groups in total. The van der Waals surface area contributed by atoms with E-state index in [1.807, 2.05) is 26.0 Å². The summed E-state index contributed by atoms with van der Waals surface area (Å²) in [6, 6.07) is 3.65. The summed E-state index contributed by atoms with van der Waals surface area (Å²) in [5.41, 5.74) is 0.475. The fourth-order valence-corrected chi connectivity index (χ4v) is 3.15. The van der Waals surface area contributed by atoms with Gasteiger partial charge in [0.1, 0.15) is 5.69 Å². The van der Waals surface area contributed by atoms with Crippen molar-refractivity contribution < 1.29 is 13.9 Å². The van der Waals surface area contributed by atoms with Gasteiger partial charge in [0.2, 0.25) is 0 Å². The fourth-order valence-electron chi connectivity index (χ4n) is 2.39. The Morgan fingerprint density at radius 3 is 2.80 bits per heavy atom. The highest BCUT2D eigenvalue weighted by Gasteiger charge is 2.28. The molecule has 5 nitrogen and oxygen atoms in total. The molecule has 2 atom stereocenters. The van der Waals surface area contributed by atoms with Crippen molar-refractivity contribution in [3.05, 3.63) is 29.5 Å². The Labute approximate surface area is 121 Å². The standard InChI is InChI=1S/C14H16N2O3S/c1-9-6-16(7-10(2)19-9)14(17)11-8-20-13(15-11)12-4-3-5-18-12/h3-5,8-10H,6-7H2,1-2H3/t9-,10-/m1/s1. The van der Waals surface area contributed by atoms with Crippen molar-refractivity contribution in [3.8, 4) is 10.8 Å². The van der Waals surface area contributed by atoms with E-state index in [2.05, 4.69) is 4.98 Å². The van der Waals surface area contributed by atoms with Crippen LogP contribution < -0.4 is 0 Å². The van der Waals surface area contributed by atoms with Gasteiger partial charge in [-0.15, -0.1) is 11.3 Å². The lowest BCUT2D eigenvalue weighted by Crippen LogP contribution is -2.48. The number of furan rings is 1. The van der Waals surface area contributed by atoms with Crippen molar-refractivity contribution in [2.45, 2.75) is 26.1 Å². The number of thiazole rings is 1. The van der Waals surface area contributed by atoms with Crippen molar-refractivity contribution in [3.63, 3.8) is 0 Å². The predicted molar refractivity (Wildman–Crippen MR) is 75.7 cm³/mol. The molecule has 2 aromatic heterocycles. The molecule has 0 saturated carbocycles. The molecule has 0 unspecified atom stereocenters. The van der Waals surface area contributed by atoms with Crippen molar-refractivity contribution in [2.24, 2.45) is 0 Å². The summed E-state index contributed by atoms with van der Waals surface area (Å²) >= 11 is 1.42. The van der Waals surface area contributed by atoms with E-state index in [9.17, 15) is 4.79 Å². The summed E-state index contributed by atoms with van der Waals surface area (Å²) in [5.74, 6) is 0.652. The average Bonchev–Trinajstić information content (AvgIpc) is 3.07. The van der Waals surface area contributed by atoms with Crippen LogP contribution in [0.5, 0.6) is 0 Å². The van der Waals surface area contributed by atoms with E-state index in [1.54, 1.807) is 16.5 Å². The minimum atomic E-state index is -0.0407. The van der Waals surface area contributed by atoms with Crippen LogP contribution in [-0.4, -0.2) is 41.1 Å². The zero-order valence-electron chi connectivity index (χ0n) is 11.4. The van der Waals surface area contributed by atoms with Crippen molar-refractivity contribution >= 4 is 17.2 Å². The van der Waals surface area contributed by atoms with Crippen LogP contribution in [0.4, 0.5) is 0 Å². The van der Waals surface area contributed by atoms with Gasteiger partial charge in [0, 0.05) is 18.5 Å². The maximum Gasteiger partial charge on any atom is 0.273 e. The van der Waals surface area contributed by atoms with E-state index in [0.717, 1.165) is 5.01 Å². The number of ether oxygens (including phenoxy) is 1. The lowest BCUT2D eigenvalue weighted by atomic mass is 10.2. The van der Waals surface area contributed by atoms with Crippen LogP contribution in [0.3, 0.4) is 0 Å². The lowest BCUT2D eigenvalue weighted by molar-refractivity contribution is -0.0587. The Morgan fingerprint density at radius 1 is 1.40 bits per heavy atom. The number of hydrogen-bond donors (Lipinski definition) is 0. The third kappa shape index (κ3) is 2.62. The van der Waals surface area contributed by atoms with Gasteiger partial charge in [-0.2, -0.15) is 0 Å². The summed E-state index contributed by atoms with van der Waals surface area (Å²) in [6.45, 7) is 5.17. The normalized spacial score (nSPS) is 23.0. The quantitative estimate of drug-likeness (QED) is 0.854. The van der Waals surface area contributed by atoms with Crippen LogP contribution in [-0.2, 0) is 4.74 Å². The maximum atomic E-state index is 12.5. The Bertz CT molecular complexity index is 583. The van der Waals surface area contributed by atoms with E-state index >= 15 is 0 Å². The Kier molecular flexibility index (Phi) is 3.58. The maximum absolute atomic E-state index is 12.5. The van der Waals surface area contributed by atoms with E-state index < -0.39 is 0 Å². The van der Waals surface area contributed by atoms with Crippen LogP contribution in [0.15, 0.2) is 28.2 Å². The van der Waals surface area contributed by atoms with Gasteiger partial charge in [-0.25, -0.2) is 4.98 Å². The molecule has 6 heteroatoms. The van der Waals surface area contributed by atoms with Crippen LogP contribution >= 0.6 is 11.3 Å². The molecule has 20 heavy (non-hydrogen) atoms.